The van der Waals surface area contributed by atoms with Crippen LogP contribution in [0.2, 0.25) is 0 Å². The molecular weight excluding hydrogens is 126 g/mol. The molecule has 0 aromatic rings. The van der Waals surface area contributed by atoms with E-state index in [-0.39, 0.29) is 0 Å². The summed E-state index contributed by atoms with van der Waals surface area (Å²) in [5.41, 5.74) is 0. The summed E-state index contributed by atoms with van der Waals surface area (Å²) in [5.74, 6) is 0. The molecule has 0 unspecified atom stereocenters. The van der Waals surface area contributed by atoms with Gasteiger partial charge < -0.3 is 0 Å². The second-order valence-electron chi connectivity index (χ2n) is 1.72. The van der Waals surface area contributed by atoms with Gasteiger partial charge in [0, 0.05) is 5.08 Å². The SMILES string of the molecule is CN(C)C1SCS1. The van der Waals surface area contributed by atoms with Gasteiger partial charge in [0.1, 0.15) is 4.71 Å². The van der Waals surface area contributed by atoms with Crippen molar-refractivity contribution >= 4 is 23.5 Å². The van der Waals surface area contributed by atoms with Crippen molar-refractivity contribution in [1.29, 1.82) is 0 Å². The molecule has 1 fully saturated rings. The van der Waals surface area contributed by atoms with Crippen molar-refractivity contribution < 1.29 is 0 Å². The molecular formula is C4H9NS2. The first-order chi connectivity index (χ1) is 3.30. The van der Waals surface area contributed by atoms with Gasteiger partial charge in [-0.25, -0.2) is 0 Å². The van der Waals surface area contributed by atoms with E-state index in [2.05, 4.69) is 19.0 Å². The van der Waals surface area contributed by atoms with Gasteiger partial charge in [-0.05, 0) is 14.1 Å². The average molecular weight is 135 g/mol. The Morgan fingerprint density at radius 2 is 2.00 bits per heavy atom. The molecule has 3 heteroatoms. The molecule has 0 amide bonds. The van der Waals surface area contributed by atoms with E-state index in [0.717, 1.165) is 4.71 Å². The lowest BCUT2D eigenvalue weighted by Gasteiger charge is -2.29. The van der Waals surface area contributed by atoms with Gasteiger partial charge in [-0.1, -0.05) is 0 Å². The summed E-state index contributed by atoms with van der Waals surface area (Å²) in [6.07, 6.45) is 0. The predicted octanol–water partition coefficient (Wildman–Crippen LogP) is 1.27. The Balaban J connectivity index is 2.14. The zero-order valence-corrected chi connectivity index (χ0v) is 6.18. The van der Waals surface area contributed by atoms with Crippen LogP contribution >= 0.6 is 23.5 Å². The van der Waals surface area contributed by atoms with Crippen LogP contribution in [-0.2, 0) is 0 Å². The molecule has 1 aliphatic heterocycles. The number of rotatable bonds is 1. The van der Waals surface area contributed by atoms with Crippen LogP contribution in [0.4, 0.5) is 0 Å². The number of hydrogen-bond acceptors (Lipinski definition) is 3. The largest absolute Gasteiger partial charge is 0.289 e. The normalized spacial score (nSPS) is 22.7. The van der Waals surface area contributed by atoms with Gasteiger partial charge in [0.05, 0.1) is 0 Å². The van der Waals surface area contributed by atoms with Gasteiger partial charge in [-0.15, -0.1) is 23.5 Å². The minimum atomic E-state index is 0.750. The molecule has 1 saturated heterocycles. The highest BCUT2D eigenvalue weighted by Crippen LogP contribution is 2.39. The molecule has 1 heterocycles. The molecule has 1 aliphatic rings. The third-order valence-corrected chi connectivity index (χ3v) is 4.16. The van der Waals surface area contributed by atoms with E-state index in [0.29, 0.717) is 0 Å². The highest BCUT2D eigenvalue weighted by atomic mass is 32.3. The lowest BCUT2D eigenvalue weighted by Crippen LogP contribution is -2.26. The van der Waals surface area contributed by atoms with Crippen LogP contribution in [0.5, 0.6) is 0 Å². The van der Waals surface area contributed by atoms with Crippen LogP contribution in [-0.4, -0.2) is 28.8 Å². The molecule has 1 rings (SSSR count). The second-order valence-corrected chi connectivity index (χ2v) is 4.52. The van der Waals surface area contributed by atoms with Crippen LogP contribution in [0.15, 0.2) is 0 Å². The molecule has 0 saturated carbocycles. The molecule has 0 atom stereocenters. The van der Waals surface area contributed by atoms with E-state index in [4.69, 9.17) is 0 Å². The summed E-state index contributed by atoms with van der Waals surface area (Å²) in [6.45, 7) is 0. The molecule has 42 valence electrons. The van der Waals surface area contributed by atoms with Crippen LogP contribution in [0.1, 0.15) is 0 Å². The molecule has 7 heavy (non-hydrogen) atoms. The van der Waals surface area contributed by atoms with E-state index in [1.165, 1.54) is 5.08 Å². The molecule has 0 N–H and O–H groups in total. The van der Waals surface area contributed by atoms with Crippen LogP contribution < -0.4 is 0 Å². The Kier molecular flexibility index (Phi) is 1.89. The first-order valence-corrected chi connectivity index (χ1v) is 4.30. The van der Waals surface area contributed by atoms with Crippen molar-refractivity contribution in [2.45, 2.75) is 4.71 Å². The van der Waals surface area contributed by atoms with Crippen molar-refractivity contribution in [1.82, 2.24) is 4.90 Å². The fourth-order valence-electron chi connectivity index (χ4n) is 0.427. The van der Waals surface area contributed by atoms with Gasteiger partial charge >= 0.3 is 0 Å². The van der Waals surface area contributed by atoms with Crippen molar-refractivity contribution in [3.8, 4) is 0 Å². The van der Waals surface area contributed by atoms with Crippen LogP contribution in [0.3, 0.4) is 0 Å². The van der Waals surface area contributed by atoms with Crippen molar-refractivity contribution in [2.75, 3.05) is 19.2 Å². The van der Waals surface area contributed by atoms with Crippen molar-refractivity contribution in [3.05, 3.63) is 0 Å². The highest BCUT2D eigenvalue weighted by molar-refractivity contribution is 8.32. The van der Waals surface area contributed by atoms with Gasteiger partial charge in [0.25, 0.3) is 0 Å². The smallest absolute Gasteiger partial charge is 0.104 e. The number of hydrogen-bond donors (Lipinski definition) is 0. The van der Waals surface area contributed by atoms with E-state index >= 15 is 0 Å². The van der Waals surface area contributed by atoms with Crippen LogP contribution in [0.25, 0.3) is 0 Å². The topological polar surface area (TPSA) is 3.24 Å². The Labute approximate surface area is 52.8 Å². The molecule has 0 spiro atoms. The summed E-state index contributed by atoms with van der Waals surface area (Å²) in [4.78, 5) is 2.23. The van der Waals surface area contributed by atoms with Gasteiger partial charge in [0.2, 0.25) is 0 Å². The fraction of sp³-hybridized carbons (Fsp3) is 1.00. The van der Waals surface area contributed by atoms with E-state index in [1.807, 2.05) is 23.5 Å². The summed E-state index contributed by atoms with van der Waals surface area (Å²) in [5, 5.41) is 1.28. The van der Waals surface area contributed by atoms with Gasteiger partial charge in [0.15, 0.2) is 0 Å². The Bertz CT molecular complexity index is 60.7. The monoisotopic (exact) mass is 135 g/mol. The third kappa shape index (κ3) is 1.27. The average Bonchev–Trinajstić information content (AvgIpc) is 1.23. The van der Waals surface area contributed by atoms with Gasteiger partial charge in [-0.3, -0.25) is 4.90 Å². The summed E-state index contributed by atoms with van der Waals surface area (Å²) in [6, 6.07) is 0. The third-order valence-electron chi connectivity index (χ3n) is 0.843. The van der Waals surface area contributed by atoms with Gasteiger partial charge in [-0.2, -0.15) is 0 Å². The maximum atomic E-state index is 2.23. The Morgan fingerprint density at radius 1 is 1.43 bits per heavy atom. The molecule has 1 nitrogen and oxygen atoms in total. The number of nitrogens with zero attached hydrogens (tertiary/aromatic N) is 1. The maximum Gasteiger partial charge on any atom is 0.104 e. The molecule has 0 aromatic carbocycles. The zero-order valence-electron chi connectivity index (χ0n) is 4.55. The zero-order chi connectivity index (χ0) is 5.28. The minimum Gasteiger partial charge on any atom is -0.289 e. The van der Waals surface area contributed by atoms with E-state index < -0.39 is 0 Å². The van der Waals surface area contributed by atoms with Crippen molar-refractivity contribution in [2.24, 2.45) is 0 Å². The van der Waals surface area contributed by atoms with E-state index in [1.54, 1.807) is 0 Å². The fourth-order valence-corrected chi connectivity index (χ4v) is 2.05. The standard InChI is InChI=1S/C4H9NS2/c1-5(2)4-6-3-7-4/h4H,3H2,1-2H3. The first kappa shape index (κ1) is 5.79. The molecule has 0 aliphatic carbocycles. The predicted molar refractivity (Wildman–Crippen MR) is 37.5 cm³/mol. The Hall–Kier alpha value is 0.660. The lowest BCUT2D eigenvalue weighted by molar-refractivity contribution is 0.457. The lowest BCUT2D eigenvalue weighted by atomic mass is 11.0. The quantitative estimate of drug-likeness (QED) is 0.533. The highest BCUT2D eigenvalue weighted by Gasteiger charge is 2.19. The molecule has 0 radical (unpaired) electrons. The summed E-state index contributed by atoms with van der Waals surface area (Å²) in [7, 11) is 4.23. The minimum absolute atomic E-state index is 0.750. The van der Waals surface area contributed by atoms with E-state index in [9.17, 15) is 0 Å². The molecule has 0 aromatic heterocycles. The van der Waals surface area contributed by atoms with Crippen molar-refractivity contribution in [3.63, 3.8) is 0 Å². The molecule has 0 bridgehead atoms. The summed E-state index contributed by atoms with van der Waals surface area (Å²) < 4.78 is 0.750. The van der Waals surface area contributed by atoms with Crippen LogP contribution in [0, 0.1) is 0 Å². The second kappa shape index (κ2) is 2.29. The summed E-state index contributed by atoms with van der Waals surface area (Å²) >= 11 is 4.00. The number of thioether (sulfide) groups is 2. The first-order valence-electron chi connectivity index (χ1n) is 2.20. The Morgan fingerprint density at radius 3 is 2.00 bits per heavy atom. The maximum absolute atomic E-state index is 2.23.